The van der Waals surface area contributed by atoms with Crippen molar-refractivity contribution in [3.8, 4) is 33.6 Å². The van der Waals surface area contributed by atoms with E-state index in [1.54, 1.807) is 0 Å². The third-order valence-corrected chi connectivity index (χ3v) is 8.57. The van der Waals surface area contributed by atoms with Gasteiger partial charge < -0.3 is 25.5 Å². The van der Waals surface area contributed by atoms with Gasteiger partial charge in [0.25, 0.3) is 0 Å². The van der Waals surface area contributed by atoms with Crippen molar-refractivity contribution in [2.75, 3.05) is 13.1 Å². The Balaban J connectivity index is 1.23. The van der Waals surface area contributed by atoms with Gasteiger partial charge in [-0.3, -0.25) is 9.59 Å². The number of nitrogens with zero attached hydrogens (tertiary/aromatic N) is 4. The van der Waals surface area contributed by atoms with Gasteiger partial charge in [-0.15, -0.1) is 0 Å². The number of likely N-dealkylation sites (tertiary alicyclic amines) is 1. The molecule has 2 atom stereocenters. The summed E-state index contributed by atoms with van der Waals surface area (Å²) in [6, 6.07) is 16.3. The second kappa shape index (κ2) is 14.2. The number of hydrogen-bond donors (Lipinski definition) is 3. The molecule has 2 aromatic carbocycles. The highest BCUT2D eigenvalue weighted by Crippen LogP contribution is 2.33. The zero-order valence-corrected chi connectivity index (χ0v) is 27.2. The summed E-state index contributed by atoms with van der Waals surface area (Å²) in [5, 5.41) is 0. The van der Waals surface area contributed by atoms with Crippen LogP contribution in [0.5, 0.6) is 0 Å². The van der Waals surface area contributed by atoms with E-state index >= 15 is 0 Å². The first-order valence-electron chi connectivity index (χ1n) is 16.3. The van der Waals surface area contributed by atoms with Crippen molar-refractivity contribution < 1.29 is 9.59 Å². The van der Waals surface area contributed by atoms with Gasteiger partial charge in [-0.25, -0.2) is 9.97 Å². The first-order valence-corrected chi connectivity index (χ1v) is 16.3. The molecule has 4 aromatic rings. The smallest absolute Gasteiger partial charge is 0.240 e. The van der Waals surface area contributed by atoms with Crippen molar-refractivity contribution in [1.29, 1.82) is 0 Å². The molecule has 1 fully saturated rings. The Morgan fingerprint density at radius 2 is 1.49 bits per heavy atom. The molecule has 45 heavy (non-hydrogen) atoms. The maximum Gasteiger partial charge on any atom is 0.240 e. The van der Waals surface area contributed by atoms with E-state index < -0.39 is 6.04 Å². The van der Waals surface area contributed by atoms with Crippen LogP contribution in [0, 0.1) is 11.8 Å². The lowest BCUT2D eigenvalue weighted by Gasteiger charge is -2.27. The van der Waals surface area contributed by atoms with Crippen LogP contribution in [0.15, 0.2) is 60.9 Å². The van der Waals surface area contributed by atoms with Gasteiger partial charge in [0.2, 0.25) is 11.8 Å². The minimum absolute atomic E-state index is 0.000925. The fourth-order valence-electron chi connectivity index (χ4n) is 5.94. The molecule has 2 amide bonds. The Kier molecular flexibility index (Phi) is 10.2. The zero-order chi connectivity index (χ0) is 32.1. The number of imidazole rings is 2. The lowest BCUT2D eigenvalue weighted by molar-refractivity contribution is -0.134. The molecule has 0 saturated carbocycles. The van der Waals surface area contributed by atoms with Crippen LogP contribution in [0.1, 0.15) is 78.0 Å². The fourth-order valence-corrected chi connectivity index (χ4v) is 5.94. The number of carbonyl (C=O) groups excluding carboxylic acids is 2. The molecule has 0 radical (unpaired) electrons. The van der Waals surface area contributed by atoms with E-state index in [9.17, 15) is 9.59 Å². The van der Waals surface area contributed by atoms with Crippen molar-refractivity contribution in [2.24, 2.45) is 17.6 Å². The van der Waals surface area contributed by atoms with Crippen LogP contribution in [0.25, 0.3) is 33.6 Å². The van der Waals surface area contributed by atoms with E-state index in [0.717, 1.165) is 71.1 Å². The molecule has 2 aromatic heterocycles. The highest BCUT2D eigenvalue weighted by atomic mass is 16.2. The van der Waals surface area contributed by atoms with Crippen molar-refractivity contribution in [1.82, 2.24) is 29.7 Å². The summed E-state index contributed by atoms with van der Waals surface area (Å²) in [5.41, 5.74) is 12.4. The number of nitrogens with two attached hydrogens (primary N) is 1. The van der Waals surface area contributed by atoms with Gasteiger partial charge in [-0.05, 0) is 53.4 Å². The quantitative estimate of drug-likeness (QED) is 0.168. The molecule has 2 unspecified atom stereocenters. The first kappa shape index (κ1) is 32.2. The van der Waals surface area contributed by atoms with E-state index in [4.69, 9.17) is 5.73 Å². The van der Waals surface area contributed by atoms with Gasteiger partial charge in [0.15, 0.2) is 0 Å². The van der Waals surface area contributed by atoms with Gasteiger partial charge in [0.1, 0.15) is 11.6 Å². The van der Waals surface area contributed by atoms with Gasteiger partial charge in [0, 0.05) is 19.5 Å². The lowest BCUT2D eigenvalue weighted by Crippen LogP contribution is -2.46. The molecule has 3 heterocycles. The normalized spacial score (nSPS) is 15.6. The van der Waals surface area contributed by atoms with Crippen LogP contribution in [-0.2, 0) is 16.1 Å². The molecule has 9 heteroatoms. The first-order chi connectivity index (χ1) is 21.6. The molecule has 1 aliphatic rings. The van der Waals surface area contributed by atoms with E-state index in [-0.39, 0.29) is 23.8 Å². The van der Waals surface area contributed by atoms with Crippen LogP contribution in [0.2, 0.25) is 0 Å². The molecular weight excluding hydrogens is 562 g/mol. The van der Waals surface area contributed by atoms with Crippen LogP contribution >= 0.6 is 0 Å². The third-order valence-electron chi connectivity index (χ3n) is 8.57. The number of aromatic nitrogens is 4. The summed E-state index contributed by atoms with van der Waals surface area (Å²) in [4.78, 5) is 45.6. The van der Waals surface area contributed by atoms with Crippen LogP contribution in [0.4, 0.5) is 0 Å². The standard InChI is InChI=1S/C36H47N7O2/c1-6-17-42(33(44)19-23(2)3)22-32-38-20-29(40-32)27-13-9-25(10-14-27)26-11-15-28(16-12-26)30-21-39-35(41-30)31-8-7-18-43(31)36(45)34(37)24(4)5/h9-16,20-21,23-24,31,34H,6-8,17-19,22,37H2,1-5H3,(H,38,40)(H,39,41). The number of amides is 2. The van der Waals surface area contributed by atoms with Crippen molar-refractivity contribution in [3.63, 3.8) is 0 Å². The number of carbonyl (C=O) groups is 2. The average molecular weight is 610 g/mol. The largest absolute Gasteiger partial charge is 0.341 e. The topological polar surface area (TPSA) is 124 Å². The minimum Gasteiger partial charge on any atom is -0.341 e. The highest BCUT2D eigenvalue weighted by molar-refractivity contribution is 5.82. The lowest BCUT2D eigenvalue weighted by atomic mass is 10.0. The predicted octanol–water partition coefficient (Wildman–Crippen LogP) is 6.57. The van der Waals surface area contributed by atoms with E-state index in [1.807, 2.05) is 36.0 Å². The zero-order valence-electron chi connectivity index (χ0n) is 27.2. The maximum atomic E-state index is 13.0. The molecule has 9 nitrogen and oxygen atoms in total. The molecule has 1 saturated heterocycles. The van der Waals surface area contributed by atoms with Crippen molar-refractivity contribution in [2.45, 2.75) is 78.9 Å². The number of rotatable bonds is 12. The Bertz CT molecular complexity index is 1570. The Hall–Kier alpha value is -4.24. The number of benzene rings is 2. The number of nitrogens with one attached hydrogen (secondary N) is 2. The monoisotopic (exact) mass is 609 g/mol. The van der Waals surface area contributed by atoms with Crippen LogP contribution in [-0.4, -0.2) is 60.7 Å². The van der Waals surface area contributed by atoms with Crippen molar-refractivity contribution >= 4 is 11.8 Å². The van der Waals surface area contributed by atoms with Gasteiger partial charge in [0.05, 0.1) is 42.4 Å². The third kappa shape index (κ3) is 7.53. The minimum atomic E-state index is -0.494. The summed E-state index contributed by atoms with van der Waals surface area (Å²) in [6.07, 6.45) is 6.99. The van der Waals surface area contributed by atoms with E-state index in [0.29, 0.717) is 25.4 Å². The van der Waals surface area contributed by atoms with Gasteiger partial charge in [-0.2, -0.15) is 0 Å². The average Bonchev–Trinajstić information content (AvgIpc) is 3.81. The summed E-state index contributed by atoms with van der Waals surface area (Å²) in [5.74, 6) is 2.21. The predicted molar refractivity (Wildman–Crippen MR) is 179 cm³/mol. The Morgan fingerprint density at radius 1 is 0.911 bits per heavy atom. The summed E-state index contributed by atoms with van der Waals surface area (Å²) < 4.78 is 0. The summed E-state index contributed by atoms with van der Waals surface area (Å²) in [7, 11) is 0. The summed E-state index contributed by atoms with van der Waals surface area (Å²) >= 11 is 0. The molecule has 0 spiro atoms. The van der Waals surface area contributed by atoms with E-state index in [2.05, 4.69) is 89.2 Å². The van der Waals surface area contributed by atoms with Crippen molar-refractivity contribution in [3.05, 3.63) is 72.6 Å². The fraction of sp³-hybridized carbons (Fsp3) is 0.444. The number of aromatic amines is 2. The summed E-state index contributed by atoms with van der Waals surface area (Å²) in [6.45, 7) is 12.1. The Morgan fingerprint density at radius 3 is 2.07 bits per heavy atom. The molecule has 0 bridgehead atoms. The molecular formula is C36H47N7O2. The second-order valence-corrected chi connectivity index (χ2v) is 13.0. The number of H-pyrrole nitrogens is 2. The Labute approximate surface area is 266 Å². The van der Waals surface area contributed by atoms with Gasteiger partial charge in [-0.1, -0.05) is 83.1 Å². The molecule has 0 aliphatic carbocycles. The molecule has 4 N–H and O–H groups in total. The highest BCUT2D eigenvalue weighted by Gasteiger charge is 2.35. The molecule has 5 rings (SSSR count). The SMILES string of the molecule is CCCN(Cc1ncc(-c2ccc(-c3ccc(-c4cnc(C5CCCN5C(=O)C(N)C(C)C)[nH]4)cc3)cc2)[nH]1)C(=O)CC(C)C. The van der Waals surface area contributed by atoms with Crippen LogP contribution < -0.4 is 5.73 Å². The maximum absolute atomic E-state index is 13.0. The number of hydrogen-bond acceptors (Lipinski definition) is 5. The molecule has 1 aliphatic heterocycles. The van der Waals surface area contributed by atoms with E-state index in [1.165, 1.54) is 0 Å². The second-order valence-electron chi connectivity index (χ2n) is 13.0. The van der Waals surface area contributed by atoms with Crippen LogP contribution in [0.3, 0.4) is 0 Å². The van der Waals surface area contributed by atoms with Gasteiger partial charge >= 0.3 is 0 Å². The molecule has 238 valence electrons.